The maximum absolute atomic E-state index is 14.5. The van der Waals surface area contributed by atoms with Gasteiger partial charge in [-0.3, -0.25) is 4.79 Å². The van der Waals surface area contributed by atoms with Gasteiger partial charge >= 0.3 is 0 Å². The summed E-state index contributed by atoms with van der Waals surface area (Å²) in [6.07, 6.45) is 6.77. The number of hydrogen-bond donors (Lipinski definition) is 0. The SMILES string of the molecule is O=C(CN1CCCc2cc(F)cc(F)c21)N(C1CCCCC1)C1CCS(=O)(=O)C1. The van der Waals surface area contributed by atoms with Gasteiger partial charge in [-0.1, -0.05) is 19.3 Å². The molecule has 0 spiro atoms. The van der Waals surface area contributed by atoms with Gasteiger partial charge in [0, 0.05) is 24.7 Å². The zero-order valence-corrected chi connectivity index (χ0v) is 17.4. The normalized spacial score (nSPS) is 24.3. The highest BCUT2D eigenvalue weighted by Gasteiger charge is 2.39. The molecule has 1 aromatic rings. The lowest BCUT2D eigenvalue weighted by molar-refractivity contribution is -0.135. The van der Waals surface area contributed by atoms with E-state index in [0.29, 0.717) is 30.6 Å². The standard InChI is InChI=1S/C21H28F2N2O3S/c22-16-11-15-5-4-9-24(21(15)19(23)12-16)13-20(26)25(17-6-2-1-3-7-17)18-8-10-29(27,28)14-18/h11-12,17-18H,1-10,13-14H2. The molecule has 1 unspecified atom stereocenters. The molecule has 160 valence electrons. The molecule has 2 heterocycles. The molecule has 0 aromatic heterocycles. The number of benzene rings is 1. The van der Waals surface area contributed by atoms with Crippen LogP contribution in [-0.4, -0.2) is 55.9 Å². The Kier molecular flexibility index (Phi) is 5.82. The van der Waals surface area contributed by atoms with Gasteiger partial charge in [-0.25, -0.2) is 17.2 Å². The van der Waals surface area contributed by atoms with E-state index in [1.165, 1.54) is 6.07 Å². The van der Waals surface area contributed by atoms with Gasteiger partial charge in [0.25, 0.3) is 0 Å². The van der Waals surface area contributed by atoms with Crippen LogP contribution in [0.15, 0.2) is 12.1 Å². The Morgan fingerprint density at radius 1 is 1.07 bits per heavy atom. The topological polar surface area (TPSA) is 57.7 Å². The summed E-state index contributed by atoms with van der Waals surface area (Å²) in [6.45, 7) is 0.533. The molecule has 2 aliphatic heterocycles. The first-order valence-corrected chi connectivity index (χ1v) is 12.4. The second-order valence-electron chi connectivity index (χ2n) is 8.57. The van der Waals surface area contributed by atoms with Gasteiger partial charge < -0.3 is 9.80 Å². The first kappa shape index (κ1) is 20.6. The summed E-state index contributed by atoms with van der Waals surface area (Å²) in [4.78, 5) is 16.9. The fourth-order valence-electron chi connectivity index (χ4n) is 5.20. The molecule has 1 saturated heterocycles. The number of sulfone groups is 1. The lowest BCUT2D eigenvalue weighted by atomic mass is 9.92. The summed E-state index contributed by atoms with van der Waals surface area (Å²) in [7, 11) is -3.12. The highest BCUT2D eigenvalue weighted by molar-refractivity contribution is 7.91. The van der Waals surface area contributed by atoms with E-state index in [1.807, 2.05) is 0 Å². The molecular formula is C21H28F2N2O3S. The van der Waals surface area contributed by atoms with Crippen LogP contribution in [0.3, 0.4) is 0 Å². The third-order valence-corrected chi connectivity index (χ3v) is 8.23. The van der Waals surface area contributed by atoms with Crippen LogP contribution in [0.2, 0.25) is 0 Å². The van der Waals surface area contributed by atoms with E-state index in [9.17, 15) is 22.0 Å². The molecule has 1 saturated carbocycles. The minimum absolute atomic E-state index is 0.00258. The predicted octanol–water partition coefficient (Wildman–Crippen LogP) is 3.07. The van der Waals surface area contributed by atoms with Gasteiger partial charge in [0.05, 0.1) is 23.7 Å². The molecule has 29 heavy (non-hydrogen) atoms. The largest absolute Gasteiger partial charge is 0.360 e. The van der Waals surface area contributed by atoms with Crippen LogP contribution in [0.4, 0.5) is 14.5 Å². The van der Waals surface area contributed by atoms with Gasteiger partial charge in [-0.05, 0) is 43.7 Å². The molecule has 1 amide bonds. The average Bonchev–Trinajstić information content (AvgIpc) is 3.01. The average molecular weight is 427 g/mol. The summed E-state index contributed by atoms with van der Waals surface area (Å²) in [5.41, 5.74) is 0.905. The first-order chi connectivity index (χ1) is 13.8. The fraction of sp³-hybridized carbons (Fsp3) is 0.667. The number of halogens is 2. The second kappa shape index (κ2) is 8.20. The van der Waals surface area contributed by atoms with E-state index < -0.39 is 21.5 Å². The summed E-state index contributed by atoms with van der Waals surface area (Å²) in [6, 6.07) is 1.97. The summed E-state index contributed by atoms with van der Waals surface area (Å²) in [5.74, 6) is -1.25. The molecule has 0 bridgehead atoms. The van der Waals surface area contributed by atoms with Crippen molar-refractivity contribution in [3.63, 3.8) is 0 Å². The zero-order valence-electron chi connectivity index (χ0n) is 16.6. The van der Waals surface area contributed by atoms with Crippen molar-refractivity contribution in [2.24, 2.45) is 0 Å². The summed E-state index contributed by atoms with van der Waals surface area (Å²) in [5, 5.41) is 0. The number of amides is 1. The third kappa shape index (κ3) is 4.42. The number of carbonyl (C=O) groups excluding carboxylic acids is 1. The fourth-order valence-corrected chi connectivity index (χ4v) is 6.91. The summed E-state index contributed by atoms with van der Waals surface area (Å²) >= 11 is 0. The first-order valence-electron chi connectivity index (χ1n) is 10.6. The third-order valence-electron chi connectivity index (χ3n) is 6.48. The van der Waals surface area contributed by atoms with Crippen molar-refractivity contribution in [3.05, 3.63) is 29.3 Å². The highest BCUT2D eigenvalue weighted by atomic mass is 32.2. The number of fused-ring (bicyclic) bond motifs is 1. The van der Waals surface area contributed by atoms with E-state index in [4.69, 9.17) is 0 Å². The van der Waals surface area contributed by atoms with E-state index in [-0.39, 0.29) is 36.0 Å². The Morgan fingerprint density at radius 2 is 1.83 bits per heavy atom. The van der Waals surface area contributed by atoms with Crippen LogP contribution in [-0.2, 0) is 21.1 Å². The van der Waals surface area contributed by atoms with E-state index in [0.717, 1.165) is 44.6 Å². The summed E-state index contributed by atoms with van der Waals surface area (Å²) < 4.78 is 52.2. The Labute approximate surface area is 171 Å². The Morgan fingerprint density at radius 3 is 2.52 bits per heavy atom. The van der Waals surface area contributed by atoms with Gasteiger partial charge in [0.2, 0.25) is 5.91 Å². The van der Waals surface area contributed by atoms with Crippen LogP contribution in [0.5, 0.6) is 0 Å². The van der Waals surface area contributed by atoms with Crippen molar-refractivity contribution in [2.75, 3.05) is 29.5 Å². The lowest BCUT2D eigenvalue weighted by Crippen LogP contribution is -2.52. The molecule has 1 aromatic carbocycles. The quantitative estimate of drug-likeness (QED) is 0.743. The molecular weight excluding hydrogens is 398 g/mol. The van der Waals surface area contributed by atoms with Gasteiger partial charge in [0.1, 0.15) is 11.6 Å². The van der Waals surface area contributed by atoms with Crippen molar-refractivity contribution in [2.45, 2.75) is 63.5 Å². The number of rotatable bonds is 4. The molecule has 0 radical (unpaired) electrons. The molecule has 2 fully saturated rings. The lowest BCUT2D eigenvalue weighted by Gasteiger charge is -2.40. The molecule has 1 atom stereocenters. The van der Waals surface area contributed by atoms with Crippen LogP contribution < -0.4 is 4.90 Å². The molecule has 1 aliphatic carbocycles. The number of anilines is 1. The second-order valence-corrected chi connectivity index (χ2v) is 10.8. The van der Waals surface area contributed by atoms with Gasteiger partial charge in [-0.15, -0.1) is 0 Å². The molecule has 8 heteroatoms. The number of carbonyl (C=O) groups is 1. The van der Waals surface area contributed by atoms with Crippen LogP contribution in [0.25, 0.3) is 0 Å². The molecule has 5 nitrogen and oxygen atoms in total. The van der Waals surface area contributed by atoms with Crippen molar-refractivity contribution in [3.8, 4) is 0 Å². The Bertz CT molecular complexity index is 884. The van der Waals surface area contributed by atoms with Crippen molar-refractivity contribution >= 4 is 21.4 Å². The molecule has 0 N–H and O–H groups in total. The number of nitrogens with zero attached hydrogens (tertiary/aromatic N) is 2. The maximum Gasteiger partial charge on any atom is 0.242 e. The van der Waals surface area contributed by atoms with E-state index >= 15 is 0 Å². The van der Waals surface area contributed by atoms with E-state index in [1.54, 1.807) is 9.80 Å². The van der Waals surface area contributed by atoms with Crippen molar-refractivity contribution < 1.29 is 22.0 Å². The highest BCUT2D eigenvalue weighted by Crippen LogP contribution is 2.33. The van der Waals surface area contributed by atoms with Gasteiger partial charge in [-0.2, -0.15) is 0 Å². The van der Waals surface area contributed by atoms with Crippen LogP contribution in [0, 0.1) is 11.6 Å². The maximum atomic E-state index is 14.5. The van der Waals surface area contributed by atoms with Gasteiger partial charge in [0.15, 0.2) is 9.84 Å². The smallest absolute Gasteiger partial charge is 0.242 e. The monoisotopic (exact) mass is 426 g/mol. The van der Waals surface area contributed by atoms with Crippen molar-refractivity contribution in [1.82, 2.24) is 4.90 Å². The molecule has 3 aliphatic rings. The Balaban J connectivity index is 1.58. The number of hydrogen-bond acceptors (Lipinski definition) is 4. The minimum Gasteiger partial charge on any atom is -0.360 e. The predicted molar refractivity (Wildman–Crippen MR) is 108 cm³/mol. The Hall–Kier alpha value is -1.70. The van der Waals surface area contributed by atoms with Crippen LogP contribution >= 0.6 is 0 Å². The molecule has 4 rings (SSSR count). The zero-order chi connectivity index (χ0) is 20.6. The van der Waals surface area contributed by atoms with E-state index in [2.05, 4.69) is 0 Å². The minimum atomic E-state index is -3.12. The van der Waals surface area contributed by atoms with Crippen LogP contribution in [0.1, 0.15) is 50.5 Å². The van der Waals surface area contributed by atoms with Crippen molar-refractivity contribution in [1.29, 1.82) is 0 Å². The number of aryl methyl sites for hydroxylation is 1.